The van der Waals surface area contributed by atoms with Crippen molar-refractivity contribution < 1.29 is 9.53 Å². The largest absolute Gasteiger partial charge is 0.447 e. The van der Waals surface area contributed by atoms with Gasteiger partial charge in [0.1, 0.15) is 6.07 Å². The highest BCUT2D eigenvalue weighted by atomic mass is 16.5. The third-order valence-corrected chi connectivity index (χ3v) is 1.17. The summed E-state index contributed by atoms with van der Waals surface area (Å²) in [6, 6.07) is 4.91. The van der Waals surface area contributed by atoms with E-state index in [0.717, 1.165) is 0 Å². The van der Waals surface area contributed by atoms with Gasteiger partial charge in [0.05, 0.1) is 5.56 Å². The quantitative estimate of drug-likeness (QED) is 0.602. The van der Waals surface area contributed by atoms with Gasteiger partial charge in [-0.2, -0.15) is 5.26 Å². The van der Waals surface area contributed by atoms with Gasteiger partial charge in [-0.25, -0.2) is 4.79 Å². The Hall–Kier alpha value is -1.89. The average Bonchev–Trinajstić information content (AvgIpc) is 2.15. The molecule has 0 radical (unpaired) electrons. The highest BCUT2D eigenvalue weighted by Gasteiger charge is 2.04. The highest BCUT2D eigenvalue weighted by Crippen LogP contribution is 1.97. The zero-order valence-corrected chi connectivity index (χ0v) is 6.23. The summed E-state index contributed by atoms with van der Waals surface area (Å²) in [6.07, 6.45) is 2.95. The molecule has 12 heavy (non-hydrogen) atoms. The molecule has 0 aliphatic heterocycles. The molecule has 1 rings (SSSR count). The third kappa shape index (κ3) is 2.06. The molecule has 0 aliphatic carbocycles. The number of rotatable bonds is 2. The van der Waals surface area contributed by atoms with E-state index < -0.39 is 5.97 Å². The Morgan fingerprint density at radius 3 is 3.17 bits per heavy atom. The lowest BCUT2D eigenvalue weighted by Gasteiger charge is -1.97. The zero-order valence-electron chi connectivity index (χ0n) is 6.23. The summed E-state index contributed by atoms with van der Waals surface area (Å²) < 4.78 is 4.54. The van der Waals surface area contributed by atoms with E-state index in [2.05, 4.69) is 9.72 Å². The van der Waals surface area contributed by atoms with Crippen molar-refractivity contribution in [3.8, 4) is 6.07 Å². The van der Waals surface area contributed by atoms with Crippen molar-refractivity contribution in [1.82, 2.24) is 4.98 Å². The van der Waals surface area contributed by atoms with Crippen LogP contribution in [0.1, 0.15) is 10.4 Å². The highest BCUT2D eigenvalue weighted by molar-refractivity contribution is 5.88. The monoisotopic (exact) mass is 162 g/mol. The van der Waals surface area contributed by atoms with Gasteiger partial charge >= 0.3 is 5.97 Å². The Morgan fingerprint density at radius 1 is 1.75 bits per heavy atom. The van der Waals surface area contributed by atoms with Crippen LogP contribution in [0.2, 0.25) is 0 Å². The van der Waals surface area contributed by atoms with E-state index in [1.165, 1.54) is 6.20 Å². The van der Waals surface area contributed by atoms with Gasteiger partial charge in [0.25, 0.3) is 0 Å². The van der Waals surface area contributed by atoms with Crippen molar-refractivity contribution in [2.75, 3.05) is 6.61 Å². The number of esters is 1. The van der Waals surface area contributed by atoms with Crippen molar-refractivity contribution in [3.05, 3.63) is 30.1 Å². The Bertz CT molecular complexity index is 303. The summed E-state index contributed by atoms with van der Waals surface area (Å²) in [6.45, 7) is -0.228. The SMILES string of the molecule is N#CCOC(=O)c1cccnc1. The van der Waals surface area contributed by atoms with Gasteiger partial charge in [-0.15, -0.1) is 0 Å². The lowest BCUT2D eigenvalue weighted by Crippen LogP contribution is -2.05. The summed E-state index contributed by atoms with van der Waals surface area (Å²) in [7, 11) is 0. The molecular weight excluding hydrogens is 156 g/mol. The van der Waals surface area contributed by atoms with Gasteiger partial charge in [0.15, 0.2) is 6.61 Å². The normalized spacial score (nSPS) is 8.58. The number of hydrogen-bond acceptors (Lipinski definition) is 4. The van der Waals surface area contributed by atoms with Crippen molar-refractivity contribution in [3.63, 3.8) is 0 Å². The number of carbonyl (C=O) groups excluding carboxylic acids is 1. The topological polar surface area (TPSA) is 63.0 Å². The van der Waals surface area contributed by atoms with Crippen LogP contribution in [0, 0.1) is 11.3 Å². The van der Waals surface area contributed by atoms with Crippen molar-refractivity contribution in [1.29, 1.82) is 5.26 Å². The maximum absolute atomic E-state index is 11.0. The van der Waals surface area contributed by atoms with Crippen LogP contribution in [0.25, 0.3) is 0 Å². The first-order valence-electron chi connectivity index (χ1n) is 3.28. The minimum atomic E-state index is -0.523. The molecule has 0 fully saturated rings. The van der Waals surface area contributed by atoms with Crippen molar-refractivity contribution in [2.45, 2.75) is 0 Å². The van der Waals surface area contributed by atoms with Crippen molar-refractivity contribution >= 4 is 5.97 Å². The minimum Gasteiger partial charge on any atom is -0.447 e. The fourth-order valence-corrected chi connectivity index (χ4v) is 0.665. The van der Waals surface area contributed by atoms with E-state index in [4.69, 9.17) is 5.26 Å². The molecule has 1 heterocycles. The number of aromatic nitrogens is 1. The molecule has 0 unspecified atom stereocenters. The van der Waals surface area contributed by atoms with Gasteiger partial charge in [-0.3, -0.25) is 4.98 Å². The second-order valence-electron chi connectivity index (χ2n) is 1.98. The lowest BCUT2D eigenvalue weighted by atomic mass is 10.3. The molecule has 60 valence electrons. The van der Waals surface area contributed by atoms with E-state index >= 15 is 0 Å². The first-order valence-corrected chi connectivity index (χ1v) is 3.28. The molecule has 0 amide bonds. The number of hydrogen-bond donors (Lipinski definition) is 0. The molecule has 0 atom stereocenters. The summed E-state index contributed by atoms with van der Waals surface area (Å²) >= 11 is 0. The predicted octanol–water partition coefficient (Wildman–Crippen LogP) is 0.762. The summed E-state index contributed by atoms with van der Waals surface area (Å²) in [5.74, 6) is -0.523. The maximum atomic E-state index is 11.0. The second kappa shape index (κ2) is 4.09. The smallest absolute Gasteiger partial charge is 0.340 e. The third-order valence-electron chi connectivity index (χ3n) is 1.17. The Kier molecular flexibility index (Phi) is 2.79. The Morgan fingerprint density at radius 2 is 2.58 bits per heavy atom. The molecule has 0 saturated carbocycles. The van der Waals surface area contributed by atoms with Crippen LogP contribution < -0.4 is 0 Å². The van der Waals surface area contributed by atoms with Gasteiger partial charge in [-0.1, -0.05) is 0 Å². The van der Waals surface area contributed by atoms with E-state index in [1.54, 1.807) is 24.4 Å². The molecule has 4 heteroatoms. The minimum absolute atomic E-state index is 0.228. The number of ether oxygens (including phenoxy) is 1. The number of carbonyl (C=O) groups is 1. The molecule has 0 spiro atoms. The molecule has 1 aromatic rings. The molecular formula is C8H6N2O2. The van der Waals surface area contributed by atoms with Crippen LogP contribution in [-0.2, 0) is 4.74 Å². The summed E-state index contributed by atoms with van der Waals surface area (Å²) in [4.78, 5) is 14.7. The summed E-state index contributed by atoms with van der Waals surface area (Å²) in [5.41, 5.74) is 0.354. The van der Waals surface area contributed by atoms with E-state index in [-0.39, 0.29) is 6.61 Å². The summed E-state index contributed by atoms with van der Waals surface area (Å²) in [5, 5.41) is 8.12. The van der Waals surface area contributed by atoms with Crippen LogP contribution in [0.3, 0.4) is 0 Å². The zero-order chi connectivity index (χ0) is 8.81. The van der Waals surface area contributed by atoms with Crippen LogP contribution >= 0.6 is 0 Å². The molecule has 1 aromatic heterocycles. The van der Waals surface area contributed by atoms with Crippen LogP contribution in [0.4, 0.5) is 0 Å². The Labute approximate surface area is 69.4 Å². The predicted molar refractivity (Wildman–Crippen MR) is 40.1 cm³/mol. The van der Waals surface area contributed by atoms with Crippen LogP contribution in [-0.4, -0.2) is 17.6 Å². The van der Waals surface area contributed by atoms with Gasteiger partial charge in [0.2, 0.25) is 0 Å². The van der Waals surface area contributed by atoms with E-state index in [9.17, 15) is 4.79 Å². The molecule has 0 saturated heterocycles. The standard InChI is InChI=1S/C8H6N2O2/c9-3-5-12-8(11)7-2-1-4-10-6-7/h1-2,4,6H,5H2. The fraction of sp³-hybridized carbons (Fsp3) is 0.125. The average molecular weight is 162 g/mol. The van der Waals surface area contributed by atoms with Gasteiger partial charge in [-0.05, 0) is 12.1 Å². The molecule has 0 bridgehead atoms. The molecule has 0 aliphatic rings. The maximum Gasteiger partial charge on any atom is 0.340 e. The van der Waals surface area contributed by atoms with E-state index in [0.29, 0.717) is 5.56 Å². The first-order chi connectivity index (χ1) is 5.84. The molecule has 0 aromatic carbocycles. The molecule has 0 N–H and O–H groups in total. The fourth-order valence-electron chi connectivity index (χ4n) is 0.665. The number of nitrogens with zero attached hydrogens (tertiary/aromatic N) is 2. The Balaban J connectivity index is 2.61. The first kappa shape index (κ1) is 8.21. The van der Waals surface area contributed by atoms with Crippen LogP contribution in [0.5, 0.6) is 0 Å². The lowest BCUT2D eigenvalue weighted by molar-refractivity contribution is 0.0554. The van der Waals surface area contributed by atoms with Crippen LogP contribution in [0.15, 0.2) is 24.5 Å². The number of pyridine rings is 1. The van der Waals surface area contributed by atoms with E-state index in [1.807, 2.05) is 0 Å². The van der Waals surface area contributed by atoms with Crippen molar-refractivity contribution in [2.24, 2.45) is 0 Å². The second-order valence-corrected chi connectivity index (χ2v) is 1.98. The number of nitriles is 1. The molecule has 4 nitrogen and oxygen atoms in total. The van der Waals surface area contributed by atoms with Gasteiger partial charge < -0.3 is 4.74 Å². The van der Waals surface area contributed by atoms with Gasteiger partial charge in [0, 0.05) is 12.4 Å².